The van der Waals surface area contributed by atoms with E-state index in [1.165, 1.54) is 12.0 Å². The molecule has 0 aliphatic rings. The molecule has 0 radical (unpaired) electrons. The summed E-state index contributed by atoms with van der Waals surface area (Å²) in [5, 5.41) is 3.80. The molecule has 0 saturated heterocycles. The summed E-state index contributed by atoms with van der Waals surface area (Å²) in [7, 11) is 0. The molecule has 0 fully saturated rings. The van der Waals surface area contributed by atoms with Crippen LogP contribution >= 0.6 is 0 Å². The molecular weight excluding hydrogens is 258 g/mol. The fourth-order valence-corrected chi connectivity index (χ4v) is 3.22. The Morgan fingerprint density at radius 2 is 1.76 bits per heavy atom. The van der Waals surface area contributed by atoms with Crippen LogP contribution in [0.1, 0.15) is 53.0 Å². The molecule has 3 nitrogen and oxygen atoms in total. The zero-order valence-corrected chi connectivity index (χ0v) is 14.5. The monoisotopic (exact) mass is 291 g/mol. The van der Waals surface area contributed by atoms with Gasteiger partial charge in [-0.25, -0.2) is 0 Å². The summed E-state index contributed by atoms with van der Waals surface area (Å²) in [5.74, 6) is 0. The van der Waals surface area contributed by atoms with Gasteiger partial charge in [0.05, 0.1) is 0 Å². The molecule has 2 unspecified atom stereocenters. The van der Waals surface area contributed by atoms with Crippen molar-refractivity contribution in [1.82, 2.24) is 15.2 Å². The lowest BCUT2D eigenvalue weighted by molar-refractivity contribution is 0.0701. The van der Waals surface area contributed by atoms with Crippen LogP contribution in [0.3, 0.4) is 0 Å². The second-order valence-electron chi connectivity index (χ2n) is 5.95. The van der Waals surface area contributed by atoms with Crippen LogP contribution in [0.25, 0.3) is 0 Å². The first kappa shape index (κ1) is 18.1. The van der Waals surface area contributed by atoms with Gasteiger partial charge in [0.1, 0.15) is 0 Å². The number of hydrogen-bond donors (Lipinski definition) is 1. The Kier molecular flexibility index (Phi) is 7.91. The van der Waals surface area contributed by atoms with E-state index in [-0.39, 0.29) is 5.54 Å². The van der Waals surface area contributed by atoms with Crippen molar-refractivity contribution in [2.45, 2.75) is 65.5 Å². The van der Waals surface area contributed by atoms with Gasteiger partial charge < -0.3 is 5.32 Å². The van der Waals surface area contributed by atoms with E-state index in [9.17, 15) is 0 Å². The van der Waals surface area contributed by atoms with Gasteiger partial charge in [0.25, 0.3) is 0 Å². The van der Waals surface area contributed by atoms with Crippen molar-refractivity contribution in [3.05, 3.63) is 30.1 Å². The Balaban J connectivity index is 2.97. The lowest BCUT2D eigenvalue weighted by Crippen LogP contribution is -2.60. The summed E-state index contributed by atoms with van der Waals surface area (Å²) in [5.41, 5.74) is 1.55. The van der Waals surface area contributed by atoms with Crippen LogP contribution in [0.4, 0.5) is 0 Å². The first-order valence-corrected chi connectivity index (χ1v) is 8.49. The largest absolute Gasteiger partial charge is 0.312 e. The normalized spacial score (nSPS) is 15.9. The molecule has 0 aromatic carbocycles. The van der Waals surface area contributed by atoms with E-state index < -0.39 is 0 Å². The van der Waals surface area contributed by atoms with Gasteiger partial charge in [0, 0.05) is 24.0 Å². The fourth-order valence-electron chi connectivity index (χ4n) is 3.22. The van der Waals surface area contributed by atoms with E-state index in [4.69, 9.17) is 0 Å². The molecule has 1 aromatic rings. The van der Waals surface area contributed by atoms with Crippen molar-refractivity contribution in [2.24, 2.45) is 0 Å². The van der Waals surface area contributed by atoms with Crippen LogP contribution in [0.5, 0.6) is 0 Å². The molecule has 1 N–H and O–H groups in total. The fraction of sp³-hybridized carbons (Fsp3) is 0.722. The summed E-state index contributed by atoms with van der Waals surface area (Å²) in [4.78, 5) is 6.73. The van der Waals surface area contributed by atoms with Gasteiger partial charge in [-0.3, -0.25) is 9.88 Å². The van der Waals surface area contributed by atoms with Crippen molar-refractivity contribution in [1.29, 1.82) is 0 Å². The molecule has 0 aliphatic carbocycles. The second-order valence-corrected chi connectivity index (χ2v) is 5.95. The van der Waals surface area contributed by atoms with Gasteiger partial charge in [0.2, 0.25) is 0 Å². The van der Waals surface area contributed by atoms with Gasteiger partial charge in [0.15, 0.2) is 0 Å². The standard InChI is InChI=1S/C18H33N3/c1-6-12-20-17(15-16-10-13-19-14-11-16)18(5,7-2)21(8-3)9-4/h10-11,13-14,17,20H,6-9,12,15H2,1-5H3. The predicted octanol–water partition coefficient (Wildman–Crippen LogP) is 3.50. The first-order valence-electron chi connectivity index (χ1n) is 8.49. The van der Waals surface area contributed by atoms with Crippen molar-refractivity contribution in [2.75, 3.05) is 19.6 Å². The van der Waals surface area contributed by atoms with Gasteiger partial charge in [-0.2, -0.15) is 0 Å². The minimum absolute atomic E-state index is 0.182. The van der Waals surface area contributed by atoms with Crippen LogP contribution in [0, 0.1) is 0 Å². The molecule has 0 saturated carbocycles. The smallest absolute Gasteiger partial charge is 0.0334 e. The summed E-state index contributed by atoms with van der Waals surface area (Å²) in [6.45, 7) is 14.8. The molecule has 2 atom stereocenters. The molecule has 0 bridgehead atoms. The average molecular weight is 291 g/mol. The third kappa shape index (κ3) is 4.79. The molecule has 1 aromatic heterocycles. The number of nitrogens with zero attached hydrogens (tertiary/aromatic N) is 2. The Morgan fingerprint density at radius 3 is 2.24 bits per heavy atom. The molecule has 0 aliphatic heterocycles. The van der Waals surface area contributed by atoms with Gasteiger partial charge in [-0.15, -0.1) is 0 Å². The van der Waals surface area contributed by atoms with E-state index in [0.717, 1.165) is 32.5 Å². The van der Waals surface area contributed by atoms with E-state index in [1.807, 2.05) is 12.4 Å². The number of pyridine rings is 1. The lowest BCUT2D eigenvalue weighted by atomic mass is 9.83. The topological polar surface area (TPSA) is 28.2 Å². The Hall–Kier alpha value is -0.930. The molecule has 120 valence electrons. The Labute approximate surface area is 131 Å². The van der Waals surface area contributed by atoms with Crippen LogP contribution < -0.4 is 5.32 Å². The van der Waals surface area contributed by atoms with Crippen LogP contribution in [-0.2, 0) is 6.42 Å². The third-order valence-corrected chi connectivity index (χ3v) is 4.78. The third-order valence-electron chi connectivity index (χ3n) is 4.78. The van der Waals surface area contributed by atoms with E-state index in [0.29, 0.717) is 6.04 Å². The van der Waals surface area contributed by atoms with Crippen molar-refractivity contribution >= 4 is 0 Å². The number of likely N-dealkylation sites (N-methyl/N-ethyl adjacent to an activating group) is 1. The highest BCUT2D eigenvalue weighted by Gasteiger charge is 2.36. The highest BCUT2D eigenvalue weighted by Crippen LogP contribution is 2.26. The molecule has 1 rings (SSSR count). The maximum atomic E-state index is 4.13. The number of aromatic nitrogens is 1. The average Bonchev–Trinajstić information content (AvgIpc) is 2.53. The van der Waals surface area contributed by atoms with E-state index in [1.54, 1.807) is 0 Å². The SMILES string of the molecule is CCCNC(Cc1ccncc1)C(C)(CC)N(CC)CC. The minimum Gasteiger partial charge on any atom is -0.312 e. The van der Waals surface area contributed by atoms with Crippen molar-refractivity contribution in [3.63, 3.8) is 0 Å². The summed E-state index contributed by atoms with van der Waals surface area (Å²) in [6.07, 6.45) is 7.18. The van der Waals surface area contributed by atoms with Gasteiger partial charge >= 0.3 is 0 Å². The van der Waals surface area contributed by atoms with Crippen LogP contribution in [0.2, 0.25) is 0 Å². The summed E-state index contributed by atoms with van der Waals surface area (Å²) < 4.78 is 0. The molecular formula is C18H33N3. The Morgan fingerprint density at radius 1 is 1.14 bits per heavy atom. The minimum atomic E-state index is 0.182. The predicted molar refractivity (Wildman–Crippen MR) is 91.6 cm³/mol. The van der Waals surface area contributed by atoms with Crippen LogP contribution in [0.15, 0.2) is 24.5 Å². The summed E-state index contributed by atoms with van der Waals surface area (Å²) >= 11 is 0. The number of rotatable bonds is 10. The highest BCUT2D eigenvalue weighted by atomic mass is 15.2. The van der Waals surface area contributed by atoms with Crippen LogP contribution in [-0.4, -0.2) is 41.1 Å². The maximum absolute atomic E-state index is 4.13. The van der Waals surface area contributed by atoms with Crippen molar-refractivity contribution < 1.29 is 0 Å². The quantitative estimate of drug-likeness (QED) is 0.715. The van der Waals surface area contributed by atoms with Gasteiger partial charge in [-0.05, 0) is 63.5 Å². The van der Waals surface area contributed by atoms with E-state index >= 15 is 0 Å². The van der Waals surface area contributed by atoms with Gasteiger partial charge in [-0.1, -0.05) is 27.7 Å². The Bertz CT molecular complexity index is 375. The zero-order chi connectivity index (χ0) is 15.7. The van der Waals surface area contributed by atoms with E-state index in [2.05, 4.69) is 62.0 Å². The zero-order valence-electron chi connectivity index (χ0n) is 14.5. The highest BCUT2D eigenvalue weighted by molar-refractivity contribution is 5.14. The number of nitrogens with one attached hydrogen (secondary N) is 1. The first-order chi connectivity index (χ1) is 10.1. The molecule has 0 amide bonds. The number of hydrogen-bond acceptors (Lipinski definition) is 3. The molecule has 1 heterocycles. The lowest BCUT2D eigenvalue weighted by Gasteiger charge is -2.46. The summed E-state index contributed by atoms with van der Waals surface area (Å²) in [6, 6.07) is 4.74. The molecule has 3 heteroatoms. The second kappa shape index (κ2) is 9.16. The molecule has 0 spiro atoms. The molecule has 21 heavy (non-hydrogen) atoms. The van der Waals surface area contributed by atoms with Crippen molar-refractivity contribution in [3.8, 4) is 0 Å². The maximum Gasteiger partial charge on any atom is 0.0334 e.